The Morgan fingerprint density at radius 3 is 2.70 bits per heavy atom. The number of nitrogens with zero attached hydrogens (tertiary/aromatic N) is 6. The number of fused-ring (bicyclic) bond motifs is 2. The molecule has 0 bridgehead atoms. The number of aromatic nitrogens is 5. The van der Waals surface area contributed by atoms with Crippen LogP contribution in [0.15, 0.2) is 30.9 Å². The smallest absolute Gasteiger partial charge is 0.254 e. The summed E-state index contributed by atoms with van der Waals surface area (Å²) in [7, 11) is 5.92. The standard InChI is InChI=1S/C21H26N8O/c1-5-29-12-25-14-10-13(6-7-15(14)29)17-19-18(23-11-24-19)16(20(22)30)21(26-17)28(4)9-8-27(2)3/h6-7,10-12H,5,8-9H2,1-4H3,(H2,22,30)(H,23,24). The lowest BCUT2D eigenvalue weighted by atomic mass is 10.1. The van der Waals surface area contributed by atoms with E-state index < -0.39 is 5.91 Å². The van der Waals surface area contributed by atoms with E-state index in [9.17, 15) is 4.79 Å². The molecule has 3 aromatic heterocycles. The third-order valence-electron chi connectivity index (χ3n) is 5.28. The first-order valence-corrected chi connectivity index (χ1v) is 9.88. The molecule has 156 valence electrons. The number of aromatic amines is 1. The lowest BCUT2D eigenvalue weighted by Crippen LogP contribution is -2.31. The molecular formula is C21H26N8O. The Bertz CT molecular complexity index is 1220. The van der Waals surface area contributed by atoms with Crippen LogP contribution in [0.4, 0.5) is 5.82 Å². The fourth-order valence-electron chi connectivity index (χ4n) is 3.62. The maximum Gasteiger partial charge on any atom is 0.254 e. The molecule has 0 spiro atoms. The second-order valence-corrected chi connectivity index (χ2v) is 7.61. The summed E-state index contributed by atoms with van der Waals surface area (Å²) in [6.45, 7) is 4.44. The summed E-state index contributed by atoms with van der Waals surface area (Å²) in [5, 5.41) is 0. The monoisotopic (exact) mass is 406 g/mol. The van der Waals surface area contributed by atoms with Crippen molar-refractivity contribution in [2.45, 2.75) is 13.5 Å². The fourth-order valence-corrected chi connectivity index (χ4v) is 3.62. The van der Waals surface area contributed by atoms with Crippen LogP contribution in [0.1, 0.15) is 17.3 Å². The molecule has 0 aliphatic heterocycles. The number of imidazole rings is 2. The highest BCUT2D eigenvalue weighted by Crippen LogP contribution is 2.33. The van der Waals surface area contributed by atoms with E-state index >= 15 is 0 Å². The van der Waals surface area contributed by atoms with Crippen molar-refractivity contribution in [3.05, 3.63) is 36.4 Å². The van der Waals surface area contributed by atoms with E-state index in [1.807, 2.05) is 50.6 Å². The van der Waals surface area contributed by atoms with Crippen LogP contribution < -0.4 is 10.6 Å². The highest BCUT2D eigenvalue weighted by Gasteiger charge is 2.23. The summed E-state index contributed by atoms with van der Waals surface area (Å²) in [5.74, 6) is -0.0203. The lowest BCUT2D eigenvalue weighted by Gasteiger charge is -2.23. The molecule has 0 unspecified atom stereocenters. The zero-order valence-electron chi connectivity index (χ0n) is 17.7. The number of benzene rings is 1. The van der Waals surface area contributed by atoms with Crippen molar-refractivity contribution in [1.29, 1.82) is 0 Å². The van der Waals surface area contributed by atoms with Crippen molar-refractivity contribution < 1.29 is 4.79 Å². The van der Waals surface area contributed by atoms with Crippen LogP contribution in [0.3, 0.4) is 0 Å². The van der Waals surface area contributed by atoms with Crippen molar-refractivity contribution >= 4 is 33.8 Å². The number of likely N-dealkylation sites (N-methyl/N-ethyl adjacent to an activating group) is 2. The topological polar surface area (TPSA) is 109 Å². The summed E-state index contributed by atoms with van der Waals surface area (Å²) in [6, 6.07) is 6.08. The van der Waals surface area contributed by atoms with Gasteiger partial charge in [-0.15, -0.1) is 0 Å². The Balaban J connectivity index is 1.91. The Morgan fingerprint density at radius 1 is 1.20 bits per heavy atom. The summed E-state index contributed by atoms with van der Waals surface area (Å²) in [6.07, 6.45) is 3.40. The third kappa shape index (κ3) is 3.37. The first-order valence-electron chi connectivity index (χ1n) is 9.88. The number of hydrogen-bond acceptors (Lipinski definition) is 6. The number of carbonyl (C=O) groups excluding carboxylic acids is 1. The van der Waals surface area contributed by atoms with E-state index in [0.29, 0.717) is 34.7 Å². The highest BCUT2D eigenvalue weighted by atomic mass is 16.1. The number of primary amides is 1. The van der Waals surface area contributed by atoms with Crippen LogP contribution in [-0.2, 0) is 6.54 Å². The minimum absolute atomic E-state index is 0.326. The number of carbonyl (C=O) groups is 1. The maximum absolute atomic E-state index is 12.3. The van der Waals surface area contributed by atoms with Crippen LogP contribution in [0.5, 0.6) is 0 Å². The fraction of sp³-hybridized carbons (Fsp3) is 0.333. The Hall–Kier alpha value is -3.46. The van der Waals surface area contributed by atoms with Gasteiger partial charge in [-0.1, -0.05) is 6.07 Å². The molecule has 0 radical (unpaired) electrons. The zero-order valence-corrected chi connectivity index (χ0v) is 17.7. The molecule has 1 amide bonds. The number of nitrogens with two attached hydrogens (primary N) is 1. The van der Waals surface area contributed by atoms with Crippen molar-refractivity contribution in [1.82, 2.24) is 29.4 Å². The molecule has 30 heavy (non-hydrogen) atoms. The molecule has 0 aliphatic carbocycles. The Labute approximate surface area is 174 Å². The molecule has 0 saturated carbocycles. The van der Waals surface area contributed by atoms with Gasteiger partial charge in [-0.3, -0.25) is 4.79 Å². The van der Waals surface area contributed by atoms with E-state index in [1.165, 1.54) is 0 Å². The molecule has 1 aromatic carbocycles. The second-order valence-electron chi connectivity index (χ2n) is 7.61. The van der Waals surface area contributed by atoms with Gasteiger partial charge in [0.05, 0.1) is 34.9 Å². The van der Waals surface area contributed by atoms with Gasteiger partial charge in [-0.25, -0.2) is 15.0 Å². The predicted molar refractivity (Wildman–Crippen MR) is 119 cm³/mol. The van der Waals surface area contributed by atoms with Gasteiger partial charge in [0.1, 0.15) is 16.9 Å². The largest absolute Gasteiger partial charge is 0.365 e. The number of aryl methyl sites for hydroxylation is 1. The van der Waals surface area contributed by atoms with Gasteiger partial charge in [0.25, 0.3) is 5.91 Å². The van der Waals surface area contributed by atoms with Gasteiger partial charge >= 0.3 is 0 Å². The molecule has 0 saturated heterocycles. The van der Waals surface area contributed by atoms with Crippen molar-refractivity contribution in [2.75, 3.05) is 39.1 Å². The minimum Gasteiger partial charge on any atom is -0.365 e. The van der Waals surface area contributed by atoms with Crippen LogP contribution in [0.25, 0.3) is 33.3 Å². The van der Waals surface area contributed by atoms with Crippen molar-refractivity contribution in [3.63, 3.8) is 0 Å². The Morgan fingerprint density at radius 2 is 2.00 bits per heavy atom. The molecule has 4 rings (SSSR count). The van der Waals surface area contributed by atoms with E-state index in [1.54, 1.807) is 6.33 Å². The van der Waals surface area contributed by atoms with E-state index in [0.717, 1.165) is 29.7 Å². The molecule has 9 nitrogen and oxygen atoms in total. The molecule has 0 atom stereocenters. The van der Waals surface area contributed by atoms with E-state index in [2.05, 4.69) is 31.3 Å². The van der Waals surface area contributed by atoms with Crippen molar-refractivity contribution in [2.24, 2.45) is 5.73 Å². The first-order chi connectivity index (χ1) is 14.4. The van der Waals surface area contributed by atoms with Gasteiger partial charge in [0, 0.05) is 32.2 Å². The number of pyridine rings is 1. The number of nitrogens with one attached hydrogen (secondary N) is 1. The molecule has 0 fully saturated rings. The van der Waals surface area contributed by atoms with Crippen molar-refractivity contribution in [3.8, 4) is 11.3 Å². The number of amides is 1. The first kappa shape index (κ1) is 19.8. The molecule has 3 N–H and O–H groups in total. The minimum atomic E-state index is -0.546. The predicted octanol–water partition coefficient (Wildman–Crippen LogP) is 2.09. The number of H-pyrrole nitrogens is 1. The summed E-state index contributed by atoms with van der Waals surface area (Å²) < 4.78 is 2.09. The molecule has 9 heteroatoms. The highest BCUT2D eigenvalue weighted by molar-refractivity contribution is 6.11. The van der Waals surface area contributed by atoms with E-state index in [4.69, 9.17) is 10.7 Å². The zero-order chi connectivity index (χ0) is 21.4. The summed E-state index contributed by atoms with van der Waals surface area (Å²) in [5.41, 5.74) is 10.8. The van der Waals surface area contributed by atoms with Gasteiger partial charge in [-0.05, 0) is 33.2 Å². The van der Waals surface area contributed by atoms with Gasteiger partial charge in [0.15, 0.2) is 0 Å². The van der Waals surface area contributed by atoms with Crippen LogP contribution in [-0.4, -0.2) is 69.5 Å². The quantitative estimate of drug-likeness (QED) is 0.486. The average Bonchev–Trinajstić information content (AvgIpc) is 3.36. The number of anilines is 1. The number of hydrogen-bond donors (Lipinski definition) is 2. The second kappa shape index (κ2) is 7.75. The van der Waals surface area contributed by atoms with Gasteiger partial charge < -0.3 is 25.1 Å². The molecule has 0 aliphatic rings. The van der Waals surface area contributed by atoms with Gasteiger partial charge in [-0.2, -0.15) is 0 Å². The lowest BCUT2D eigenvalue weighted by molar-refractivity contribution is 0.100. The van der Waals surface area contributed by atoms with Crippen LogP contribution in [0, 0.1) is 0 Å². The van der Waals surface area contributed by atoms with E-state index in [-0.39, 0.29) is 0 Å². The summed E-state index contributed by atoms with van der Waals surface area (Å²) in [4.78, 5) is 33.2. The normalized spacial score (nSPS) is 11.6. The molecule has 3 heterocycles. The Kier molecular flexibility index (Phi) is 5.13. The van der Waals surface area contributed by atoms with Crippen LogP contribution >= 0.6 is 0 Å². The van der Waals surface area contributed by atoms with Crippen LogP contribution in [0.2, 0.25) is 0 Å². The molecular weight excluding hydrogens is 380 g/mol. The number of rotatable bonds is 7. The third-order valence-corrected chi connectivity index (χ3v) is 5.28. The average molecular weight is 406 g/mol. The SMILES string of the molecule is CCn1cnc2cc(-c3nc(N(C)CCN(C)C)c(C(N)=O)c4nc[nH]c34)ccc21. The maximum atomic E-state index is 12.3. The molecule has 4 aromatic rings. The van der Waals surface area contributed by atoms with Gasteiger partial charge in [0.2, 0.25) is 0 Å². The summed E-state index contributed by atoms with van der Waals surface area (Å²) >= 11 is 0.